The molecular weight excluding hydrogens is 312 g/mol. The van der Waals surface area contributed by atoms with Crippen LogP contribution in [0.5, 0.6) is 0 Å². The Morgan fingerprint density at radius 3 is 2.80 bits per heavy atom. The van der Waals surface area contributed by atoms with Crippen molar-refractivity contribution in [1.82, 2.24) is 9.62 Å². The summed E-state index contributed by atoms with van der Waals surface area (Å²) in [5, 5.41) is 3.05. The van der Waals surface area contributed by atoms with Crippen LogP contribution in [0.3, 0.4) is 0 Å². The van der Waals surface area contributed by atoms with Gasteiger partial charge in [0.1, 0.15) is 4.21 Å². The van der Waals surface area contributed by atoms with Crippen LogP contribution in [-0.4, -0.2) is 43.4 Å². The molecule has 0 saturated carbocycles. The van der Waals surface area contributed by atoms with Crippen LogP contribution >= 0.6 is 23.1 Å². The second kappa shape index (κ2) is 6.36. The van der Waals surface area contributed by atoms with Gasteiger partial charge in [-0.05, 0) is 25.6 Å². The standard InChI is InChI=1S/C13H22N2O2S3/c1-13(2)6-7-15(8-9-18-13)20(16,17)12-5-4-11(19-12)10-14-3/h4-5,14H,6-10H2,1-3H3. The van der Waals surface area contributed by atoms with Crippen LogP contribution in [0.1, 0.15) is 25.1 Å². The molecule has 1 aliphatic heterocycles. The number of rotatable bonds is 4. The van der Waals surface area contributed by atoms with Crippen molar-refractivity contribution in [1.29, 1.82) is 0 Å². The van der Waals surface area contributed by atoms with Crippen molar-refractivity contribution in [2.75, 3.05) is 25.9 Å². The van der Waals surface area contributed by atoms with E-state index in [-0.39, 0.29) is 4.75 Å². The molecule has 0 aliphatic carbocycles. The first-order valence-corrected chi connectivity index (χ1v) is 9.97. The zero-order valence-electron chi connectivity index (χ0n) is 12.2. The van der Waals surface area contributed by atoms with Crippen LogP contribution in [0.4, 0.5) is 0 Å². The van der Waals surface area contributed by atoms with E-state index in [1.165, 1.54) is 11.3 Å². The lowest BCUT2D eigenvalue weighted by Gasteiger charge is -2.22. The van der Waals surface area contributed by atoms with Crippen LogP contribution in [0, 0.1) is 0 Å². The first kappa shape index (κ1) is 16.3. The monoisotopic (exact) mass is 334 g/mol. The second-order valence-corrected chi connectivity index (χ2v) is 10.6. The molecule has 0 spiro atoms. The average molecular weight is 335 g/mol. The van der Waals surface area contributed by atoms with Gasteiger partial charge in [-0.15, -0.1) is 11.3 Å². The minimum atomic E-state index is -3.32. The molecule has 0 aromatic carbocycles. The van der Waals surface area contributed by atoms with Crippen molar-refractivity contribution in [3.63, 3.8) is 0 Å². The number of nitrogens with zero attached hydrogens (tertiary/aromatic N) is 1. The van der Waals surface area contributed by atoms with Crippen LogP contribution in [0.15, 0.2) is 16.3 Å². The van der Waals surface area contributed by atoms with E-state index in [4.69, 9.17) is 0 Å². The van der Waals surface area contributed by atoms with Gasteiger partial charge in [-0.1, -0.05) is 13.8 Å². The topological polar surface area (TPSA) is 49.4 Å². The van der Waals surface area contributed by atoms with E-state index in [0.29, 0.717) is 23.8 Å². The summed E-state index contributed by atoms with van der Waals surface area (Å²) in [6, 6.07) is 3.63. The fraction of sp³-hybridized carbons (Fsp3) is 0.692. The van der Waals surface area contributed by atoms with E-state index >= 15 is 0 Å². The maximum Gasteiger partial charge on any atom is 0.252 e. The predicted octanol–water partition coefficient (Wildman–Crippen LogP) is 2.37. The normalized spacial score (nSPS) is 20.8. The molecule has 1 aromatic rings. The van der Waals surface area contributed by atoms with E-state index in [9.17, 15) is 8.42 Å². The van der Waals surface area contributed by atoms with Crippen molar-refractivity contribution in [2.24, 2.45) is 0 Å². The Labute approximate surface area is 130 Å². The molecule has 1 aliphatic rings. The van der Waals surface area contributed by atoms with Gasteiger partial charge in [-0.25, -0.2) is 8.42 Å². The van der Waals surface area contributed by atoms with Crippen molar-refractivity contribution < 1.29 is 8.42 Å². The highest BCUT2D eigenvalue weighted by atomic mass is 32.2. The van der Waals surface area contributed by atoms with Crippen molar-refractivity contribution in [3.05, 3.63) is 17.0 Å². The number of hydrogen-bond donors (Lipinski definition) is 1. The molecule has 0 bridgehead atoms. The zero-order chi connectivity index (χ0) is 14.8. The highest BCUT2D eigenvalue weighted by Gasteiger charge is 2.31. The number of thioether (sulfide) groups is 1. The lowest BCUT2D eigenvalue weighted by Crippen LogP contribution is -2.33. The van der Waals surface area contributed by atoms with Gasteiger partial charge in [0, 0.05) is 35.0 Å². The van der Waals surface area contributed by atoms with Crippen molar-refractivity contribution in [2.45, 2.75) is 35.8 Å². The molecule has 7 heteroatoms. The minimum absolute atomic E-state index is 0.164. The summed E-state index contributed by atoms with van der Waals surface area (Å²) < 4.78 is 27.6. The molecule has 1 aromatic heterocycles. The number of nitrogens with one attached hydrogen (secondary N) is 1. The maximum absolute atomic E-state index is 12.7. The molecule has 0 amide bonds. The lowest BCUT2D eigenvalue weighted by molar-refractivity contribution is 0.416. The fourth-order valence-electron chi connectivity index (χ4n) is 2.14. The van der Waals surface area contributed by atoms with Gasteiger partial charge in [-0.2, -0.15) is 16.1 Å². The van der Waals surface area contributed by atoms with Gasteiger partial charge in [0.05, 0.1) is 0 Å². The Morgan fingerprint density at radius 1 is 1.35 bits per heavy atom. The quantitative estimate of drug-likeness (QED) is 0.918. The summed E-state index contributed by atoms with van der Waals surface area (Å²) in [6.45, 7) is 6.30. The third-order valence-electron chi connectivity index (χ3n) is 3.38. The maximum atomic E-state index is 12.7. The Morgan fingerprint density at radius 2 is 2.10 bits per heavy atom. The summed E-state index contributed by atoms with van der Waals surface area (Å²) in [4.78, 5) is 1.05. The van der Waals surface area contributed by atoms with Gasteiger partial charge >= 0.3 is 0 Å². The largest absolute Gasteiger partial charge is 0.315 e. The Hall–Kier alpha value is -0.0800. The van der Waals surface area contributed by atoms with E-state index < -0.39 is 10.0 Å². The average Bonchev–Trinajstić information content (AvgIpc) is 2.75. The molecule has 0 radical (unpaired) electrons. The molecule has 0 unspecified atom stereocenters. The minimum Gasteiger partial charge on any atom is -0.315 e. The fourth-order valence-corrected chi connectivity index (χ4v) is 6.31. The molecule has 1 N–H and O–H groups in total. The van der Waals surface area contributed by atoms with E-state index in [1.54, 1.807) is 10.4 Å². The van der Waals surface area contributed by atoms with Crippen LogP contribution in [0.2, 0.25) is 0 Å². The molecule has 2 rings (SSSR count). The van der Waals surface area contributed by atoms with E-state index in [1.807, 2.05) is 24.9 Å². The van der Waals surface area contributed by atoms with Crippen LogP contribution in [-0.2, 0) is 16.6 Å². The number of sulfonamides is 1. The number of hydrogen-bond acceptors (Lipinski definition) is 5. The summed E-state index contributed by atoms with van der Waals surface area (Å²) in [5.74, 6) is 0.862. The highest BCUT2D eigenvalue weighted by molar-refractivity contribution is 8.00. The smallest absolute Gasteiger partial charge is 0.252 e. The van der Waals surface area contributed by atoms with Crippen molar-refractivity contribution in [3.8, 4) is 0 Å². The van der Waals surface area contributed by atoms with Gasteiger partial charge in [0.25, 0.3) is 10.0 Å². The Kier molecular flexibility index (Phi) is 5.18. The summed E-state index contributed by atoms with van der Waals surface area (Å²) in [5.41, 5.74) is 0. The molecule has 114 valence electrons. The number of thiophene rings is 1. The highest BCUT2D eigenvalue weighted by Crippen LogP contribution is 2.33. The predicted molar refractivity (Wildman–Crippen MR) is 87.0 cm³/mol. The summed E-state index contributed by atoms with van der Waals surface area (Å²) in [7, 11) is -1.46. The molecule has 20 heavy (non-hydrogen) atoms. The Bertz CT molecular complexity index is 552. The molecule has 1 fully saturated rings. The SMILES string of the molecule is CNCc1ccc(S(=O)(=O)N2CCSC(C)(C)CC2)s1. The molecule has 2 heterocycles. The van der Waals surface area contributed by atoms with Gasteiger partial charge in [-0.3, -0.25) is 0 Å². The summed E-state index contributed by atoms with van der Waals surface area (Å²) >= 11 is 3.22. The molecule has 4 nitrogen and oxygen atoms in total. The van der Waals surface area contributed by atoms with Crippen LogP contribution < -0.4 is 5.32 Å². The molecule has 0 atom stereocenters. The van der Waals surface area contributed by atoms with Gasteiger partial charge < -0.3 is 5.32 Å². The van der Waals surface area contributed by atoms with Gasteiger partial charge in [0.2, 0.25) is 0 Å². The lowest BCUT2D eigenvalue weighted by atomic mass is 10.1. The third kappa shape index (κ3) is 3.76. The van der Waals surface area contributed by atoms with Crippen molar-refractivity contribution >= 4 is 33.1 Å². The van der Waals surface area contributed by atoms with Gasteiger partial charge in [0.15, 0.2) is 0 Å². The van der Waals surface area contributed by atoms with E-state index in [2.05, 4.69) is 19.2 Å². The Balaban J connectivity index is 2.16. The second-order valence-electron chi connectivity index (χ2n) is 5.51. The van der Waals surface area contributed by atoms with E-state index in [0.717, 1.165) is 17.1 Å². The first-order chi connectivity index (χ1) is 9.35. The molecular formula is C13H22N2O2S3. The first-order valence-electron chi connectivity index (χ1n) is 6.72. The molecule has 1 saturated heterocycles. The van der Waals surface area contributed by atoms with Crippen LogP contribution in [0.25, 0.3) is 0 Å². The third-order valence-corrected chi connectivity index (χ3v) is 8.20. The summed E-state index contributed by atoms with van der Waals surface area (Å²) in [6.07, 6.45) is 0.894. The zero-order valence-corrected chi connectivity index (χ0v) is 14.6.